The maximum absolute atomic E-state index is 11.5. The third kappa shape index (κ3) is 4.93. The third-order valence-electron chi connectivity index (χ3n) is 2.23. The zero-order valence-corrected chi connectivity index (χ0v) is 10.2. The minimum atomic E-state index is -1.08. The van der Waals surface area contributed by atoms with Crippen molar-refractivity contribution in [3.05, 3.63) is 11.1 Å². The molecule has 0 radical (unpaired) electrons. The molecule has 1 amide bonds. The van der Waals surface area contributed by atoms with Gasteiger partial charge in [0.15, 0.2) is 0 Å². The average Bonchev–Trinajstić information content (AvgIpc) is 2.24. The van der Waals surface area contributed by atoms with E-state index in [0.29, 0.717) is 13.2 Å². The lowest BCUT2D eigenvalue weighted by Gasteiger charge is -2.13. The molecular weight excluding hydrogens is 210 g/mol. The van der Waals surface area contributed by atoms with E-state index in [9.17, 15) is 9.59 Å². The maximum atomic E-state index is 11.5. The summed E-state index contributed by atoms with van der Waals surface area (Å²) in [7, 11) is 0. The van der Waals surface area contributed by atoms with Gasteiger partial charge in [0.25, 0.3) is 0 Å². The van der Waals surface area contributed by atoms with Crippen LogP contribution >= 0.6 is 0 Å². The van der Waals surface area contributed by atoms with Crippen molar-refractivity contribution in [2.24, 2.45) is 0 Å². The number of nitrogens with one attached hydrogen (secondary N) is 1. The summed E-state index contributed by atoms with van der Waals surface area (Å²) in [6.07, 6.45) is -0.0770. The SMILES string of the molecule is CCOC(C)CNC(=O)C(C)=C(C)C(=O)O. The van der Waals surface area contributed by atoms with Gasteiger partial charge < -0.3 is 15.2 Å². The van der Waals surface area contributed by atoms with Crippen LogP contribution < -0.4 is 5.32 Å². The molecule has 92 valence electrons. The fourth-order valence-electron chi connectivity index (χ4n) is 1.04. The van der Waals surface area contributed by atoms with Crippen LogP contribution in [0.3, 0.4) is 0 Å². The number of ether oxygens (including phenoxy) is 1. The molecule has 0 aliphatic heterocycles. The van der Waals surface area contributed by atoms with E-state index in [1.54, 1.807) is 0 Å². The quantitative estimate of drug-likeness (QED) is 0.665. The molecule has 16 heavy (non-hydrogen) atoms. The molecule has 0 saturated carbocycles. The molecule has 0 aromatic rings. The van der Waals surface area contributed by atoms with Gasteiger partial charge in [-0.25, -0.2) is 4.79 Å². The number of carboxylic acids is 1. The van der Waals surface area contributed by atoms with Crippen molar-refractivity contribution in [1.82, 2.24) is 5.32 Å². The van der Waals surface area contributed by atoms with Crippen LogP contribution in [0.2, 0.25) is 0 Å². The van der Waals surface area contributed by atoms with E-state index in [1.807, 2.05) is 13.8 Å². The van der Waals surface area contributed by atoms with Crippen LogP contribution in [0.25, 0.3) is 0 Å². The Morgan fingerprint density at radius 2 is 1.88 bits per heavy atom. The van der Waals surface area contributed by atoms with Crippen molar-refractivity contribution < 1.29 is 19.4 Å². The Labute approximate surface area is 95.5 Å². The first-order chi connectivity index (χ1) is 7.40. The lowest BCUT2D eigenvalue weighted by Crippen LogP contribution is -2.33. The summed E-state index contributed by atoms with van der Waals surface area (Å²) in [5, 5.41) is 11.3. The highest BCUT2D eigenvalue weighted by molar-refractivity contribution is 6.01. The largest absolute Gasteiger partial charge is 0.478 e. The second-order valence-electron chi connectivity index (χ2n) is 3.53. The van der Waals surface area contributed by atoms with Crippen LogP contribution in [0.1, 0.15) is 27.7 Å². The Hall–Kier alpha value is -1.36. The normalized spacial score (nSPS) is 14.0. The molecule has 0 aromatic carbocycles. The number of carboxylic acid groups (broad SMARTS) is 1. The molecule has 0 aliphatic rings. The van der Waals surface area contributed by atoms with Crippen molar-refractivity contribution in [2.45, 2.75) is 33.8 Å². The van der Waals surface area contributed by atoms with Crippen molar-refractivity contribution >= 4 is 11.9 Å². The molecule has 0 aliphatic carbocycles. The predicted octanol–water partition coefficient (Wildman–Crippen LogP) is 0.949. The molecule has 5 heteroatoms. The van der Waals surface area contributed by atoms with E-state index in [0.717, 1.165) is 0 Å². The van der Waals surface area contributed by atoms with Gasteiger partial charge in [0.05, 0.1) is 6.10 Å². The first-order valence-electron chi connectivity index (χ1n) is 5.20. The fraction of sp³-hybridized carbons (Fsp3) is 0.636. The van der Waals surface area contributed by atoms with E-state index in [2.05, 4.69) is 5.32 Å². The van der Waals surface area contributed by atoms with Gasteiger partial charge in [-0.05, 0) is 27.7 Å². The Morgan fingerprint density at radius 1 is 1.31 bits per heavy atom. The molecule has 2 N–H and O–H groups in total. The molecular formula is C11H19NO4. The molecule has 0 fully saturated rings. The molecule has 0 spiro atoms. The highest BCUT2D eigenvalue weighted by Crippen LogP contribution is 2.03. The summed E-state index contributed by atoms with van der Waals surface area (Å²) in [5.41, 5.74) is 0.276. The minimum Gasteiger partial charge on any atom is -0.478 e. The van der Waals surface area contributed by atoms with Crippen LogP contribution in [-0.2, 0) is 14.3 Å². The summed E-state index contributed by atoms with van der Waals surface area (Å²) in [4.78, 5) is 22.1. The number of amides is 1. The number of hydrogen-bond donors (Lipinski definition) is 2. The van der Waals surface area contributed by atoms with Crippen molar-refractivity contribution in [3.8, 4) is 0 Å². The van der Waals surface area contributed by atoms with E-state index in [4.69, 9.17) is 9.84 Å². The summed E-state index contributed by atoms with van der Waals surface area (Å²) >= 11 is 0. The Balaban J connectivity index is 4.27. The lowest BCUT2D eigenvalue weighted by molar-refractivity contribution is -0.133. The predicted molar refractivity (Wildman–Crippen MR) is 60.1 cm³/mol. The lowest BCUT2D eigenvalue weighted by atomic mass is 10.1. The molecule has 1 unspecified atom stereocenters. The fourth-order valence-corrected chi connectivity index (χ4v) is 1.04. The maximum Gasteiger partial charge on any atom is 0.331 e. The van der Waals surface area contributed by atoms with Gasteiger partial charge in [0.2, 0.25) is 5.91 Å². The van der Waals surface area contributed by atoms with Gasteiger partial charge in [-0.1, -0.05) is 0 Å². The van der Waals surface area contributed by atoms with Crippen molar-refractivity contribution in [2.75, 3.05) is 13.2 Å². The zero-order chi connectivity index (χ0) is 12.7. The highest BCUT2D eigenvalue weighted by atomic mass is 16.5. The number of aliphatic carboxylic acids is 1. The Morgan fingerprint density at radius 3 is 2.31 bits per heavy atom. The first kappa shape index (κ1) is 14.6. The molecule has 0 aromatic heterocycles. The van der Waals surface area contributed by atoms with E-state index >= 15 is 0 Å². The number of carbonyl (C=O) groups excluding carboxylic acids is 1. The van der Waals surface area contributed by atoms with Crippen LogP contribution in [0.15, 0.2) is 11.1 Å². The first-order valence-corrected chi connectivity index (χ1v) is 5.20. The standard InChI is InChI=1S/C11H19NO4/c1-5-16-7(2)6-12-10(13)8(3)9(4)11(14)15/h7H,5-6H2,1-4H3,(H,12,13)(H,14,15). The van der Waals surface area contributed by atoms with Gasteiger partial charge in [0, 0.05) is 24.3 Å². The Bertz CT molecular complexity index is 296. The van der Waals surface area contributed by atoms with Gasteiger partial charge in [-0.15, -0.1) is 0 Å². The van der Waals surface area contributed by atoms with Gasteiger partial charge in [-0.2, -0.15) is 0 Å². The second kappa shape index (κ2) is 7.00. The van der Waals surface area contributed by atoms with E-state index < -0.39 is 5.97 Å². The highest BCUT2D eigenvalue weighted by Gasteiger charge is 2.13. The van der Waals surface area contributed by atoms with E-state index in [-0.39, 0.29) is 23.2 Å². The van der Waals surface area contributed by atoms with Crippen LogP contribution in [0.4, 0.5) is 0 Å². The van der Waals surface area contributed by atoms with Gasteiger partial charge in [-0.3, -0.25) is 4.79 Å². The number of rotatable bonds is 6. The van der Waals surface area contributed by atoms with E-state index in [1.165, 1.54) is 13.8 Å². The topological polar surface area (TPSA) is 75.6 Å². The second-order valence-corrected chi connectivity index (χ2v) is 3.53. The minimum absolute atomic E-state index is 0.0570. The summed E-state index contributed by atoms with van der Waals surface area (Å²) < 4.78 is 5.23. The van der Waals surface area contributed by atoms with Crippen LogP contribution in [0, 0.1) is 0 Å². The van der Waals surface area contributed by atoms with Gasteiger partial charge >= 0.3 is 5.97 Å². The molecule has 0 saturated heterocycles. The number of carbonyl (C=O) groups is 2. The van der Waals surface area contributed by atoms with Crippen molar-refractivity contribution in [3.63, 3.8) is 0 Å². The Kier molecular flexibility index (Phi) is 6.41. The molecule has 0 rings (SSSR count). The number of hydrogen-bond acceptors (Lipinski definition) is 3. The molecule has 0 heterocycles. The smallest absolute Gasteiger partial charge is 0.331 e. The summed E-state index contributed by atoms with van der Waals surface area (Å²) in [6, 6.07) is 0. The third-order valence-corrected chi connectivity index (χ3v) is 2.23. The summed E-state index contributed by atoms with van der Waals surface area (Å²) in [5.74, 6) is -1.45. The zero-order valence-electron chi connectivity index (χ0n) is 10.2. The molecule has 1 atom stereocenters. The molecule has 5 nitrogen and oxygen atoms in total. The monoisotopic (exact) mass is 229 g/mol. The van der Waals surface area contributed by atoms with Gasteiger partial charge in [0.1, 0.15) is 0 Å². The van der Waals surface area contributed by atoms with Crippen LogP contribution in [-0.4, -0.2) is 36.2 Å². The average molecular weight is 229 g/mol. The van der Waals surface area contributed by atoms with Crippen LogP contribution in [0.5, 0.6) is 0 Å². The summed E-state index contributed by atoms with van der Waals surface area (Å²) in [6.45, 7) is 7.56. The van der Waals surface area contributed by atoms with Crippen molar-refractivity contribution in [1.29, 1.82) is 0 Å². The molecule has 0 bridgehead atoms.